The van der Waals surface area contributed by atoms with E-state index in [0.717, 1.165) is 6.42 Å². The third-order valence-corrected chi connectivity index (χ3v) is 3.14. The lowest BCUT2D eigenvalue weighted by Gasteiger charge is -2.25. The molecule has 1 amide bonds. The average molecular weight is 272 g/mol. The molecule has 1 atom stereocenters. The Balaban J connectivity index is 2.50. The summed E-state index contributed by atoms with van der Waals surface area (Å²) in [5, 5.41) is 2.85. The van der Waals surface area contributed by atoms with Crippen LogP contribution in [0.4, 0.5) is 4.39 Å². The molecule has 0 saturated heterocycles. The van der Waals surface area contributed by atoms with Gasteiger partial charge in [0.2, 0.25) is 0 Å². The molecular formula is C11H11BrFNO. The number of rotatable bonds is 1. The summed E-state index contributed by atoms with van der Waals surface area (Å²) in [6, 6.07) is 3.13. The first-order valence-corrected chi connectivity index (χ1v) is 5.70. The van der Waals surface area contributed by atoms with Gasteiger partial charge in [0.1, 0.15) is 5.82 Å². The van der Waals surface area contributed by atoms with Gasteiger partial charge in [-0.1, -0.05) is 22.9 Å². The zero-order valence-corrected chi connectivity index (χ0v) is 9.90. The van der Waals surface area contributed by atoms with E-state index in [0.29, 0.717) is 22.0 Å². The molecule has 1 heterocycles. The van der Waals surface area contributed by atoms with Crippen LogP contribution in [0.3, 0.4) is 0 Å². The molecule has 0 saturated carbocycles. The predicted octanol–water partition coefficient (Wildman–Crippen LogP) is 2.65. The van der Waals surface area contributed by atoms with Crippen molar-refractivity contribution in [2.75, 3.05) is 0 Å². The van der Waals surface area contributed by atoms with Crippen molar-refractivity contribution in [2.45, 2.75) is 25.8 Å². The van der Waals surface area contributed by atoms with Gasteiger partial charge in [-0.05, 0) is 25.0 Å². The minimum atomic E-state index is -0.298. The van der Waals surface area contributed by atoms with Crippen molar-refractivity contribution in [1.29, 1.82) is 0 Å². The van der Waals surface area contributed by atoms with Gasteiger partial charge in [-0.2, -0.15) is 0 Å². The van der Waals surface area contributed by atoms with E-state index in [4.69, 9.17) is 0 Å². The van der Waals surface area contributed by atoms with Crippen molar-refractivity contribution in [3.8, 4) is 0 Å². The standard InChI is InChI=1S/C11H11BrFNO/c1-2-7-5-8-9(11(15)14-7)3-6(12)4-10(8)13/h3-4,7H,2,5H2,1H3,(H,14,15). The number of carbonyl (C=O) groups is 1. The summed E-state index contributed by atoms with van der Waals surface area (Å²) in [7, 11) is 0. The minimum Gasteiger partial charge on any atom is -0.349 e. The van der Waals surface area contributed by atoms with E-state index in [1.165, 1.54) is 6.07 Å². The molecule has 2 nitrogen and oxygen atoms in total. The van der Waals surface area contributed by atoms with E-state index in [-0.39, 0.29) is 17.8 Å². The first kappa shape index (κ1) is 10.6. The molecule has 2 rings (SSSR count). The number of hydrogen-bond donors (Lipinski definition) is 1. The van der Waals surface area contributed by atoms with Gasteiger partial charge >= 0.3 is 0 Å². The fourth-order valence-corrected chi connectivity index (χ4v) is 2.25. The molecular weight excluding hydrogens is 261 g/mol. The Bertz CT molecular complexity index is 419. The molecule has 0 spiro atoms. The number of benzene rings is 1. The van der Waals surface area contributed by atoms with Crippen LogP contribution in [-0.2, 0) is 6.42 Å². The third kappa shape index (κ3) is 1.91. The summed E-state index contributed by atoms with van der Waals surface area (Å²) in [4.78, 5) is 11.7. The summed E-state index contributed by atoms with van der Waals surface area (Å²) < 4.78 is 14.2. The molecule has 1 aromatic rings. The molecule has 1 N–H and O–H groups in total. The molecule has 1 aliphatic heterocycles. The summed E-state index contributed by atoms with van der Waals surface area (Å²) in [6.45, 7) is 1.98. The van der Waals surface area contributed by atoms with Crippen LogP contribution in [-0.4, -0.2) is 11.9 Å². The maximum absolute atomic E-state index is 13.6. The second kappa shape index (κ2) is 3.93. The van der Waals surface area contributed by atoms with Gasteiger partial charge in [0, 0.05) is 21.6 Å². The van der Waals surface area contributed by atoms with Crippen LogP contribution in [0.15, 0.2) is 16.6 Å². The second-order valence-electron chi connectivity index (χ2n) is 3.70. The van der Waals surface area contributed by atoms with Gasteiger partial charge in [0.05, 0.1) is 0 Å². The lowest BCUT2D eigenvalue weighted by atomic mass is 9.93. The fraction of sp³-hybridized carbons (Fsp3) is 0.364. The maximum Gasteiger partial charge on any atom is 0.251 e. The van der Waals surface area contributed by atoms with E-state index in [2.05, 4.69) is 21.2 Å². The highest BCUT2D eigenvalue weighted by atomic mass is 79.9. The van der Waals surface area contributed by atoms with Gasteiger partial charge < -0.3 is 5.32 Å². The molecule has 0 aromatic heterocycles. The van der Waals surface area contributed by atoms with Crippen LogP contribution < -0.4 is 5.32 Å². The summed E-state index contributed by atoms with van der Waals surface area (Å²) in [5.41, 5.74) is 0.986. The highest BCUT2D eigenvalue weighted by Crippen LogP contribution is 2.25. The van der Waals surface area contributed by atoms with E-state index in [1.807, 2.05) is 6.92 Å². The lowest BCUT2D eigenvalue weighted by Crippen LogP contribution is -2.41. The van der Waals surface area contributed by atoms with Crippen LogP contribution in [0.25, 0.3) is 0 Å². The number of halogens is 2. The molecule has 1 aromatic carbocycles. The highest BCUT2D eigenvalue weighted by Gasteiger charge is 2.25. The van der Waals surface area contributed by atoms with Gasteiger partial charge in [0.25, 0.3) is 5.91 Å². The molecule has 1 aliphatic rings. The van der Waals surface area contributed by atoms with Crippen molar-refractivity contribution in [2.24, 2.45) is 0 Å². The van der Waals surface area contributed by atoms with Crippen LogP contribution in [0.5, 0.6) is 0 Å². The molecule has 0 radical (unpaired) electrons. The Morgan fingerprint density at radius 1 is 1.60 bits per heavy atom. The first-order valence-electron chi connectivity index (χ1n) is 4.90. The maximum atomic E-state index is 13.6. The molecule has 0 fully saturated rings. The third-order valence-electron chi connectivity index (χ3n) is 2.68. The Labute approximate surface area is 96.0 Å². The van der Waals surface area contributed by atoms with E-state index < -0.39 is 0 Å². The number of fused-ring (bicyclic) bond motifs is 1. The summed E-state index contributed by atoms with van der Waals surface area (Å²) in [5.74, 6) is -0.476. The van der Waals surface area contributed by atoms with E-state index in [1.54, 1.807) is 6.07 Å². The van der Waals surface area contributed by atoms with Crippen LogP contribution in [0.1, 0.15) is 29.3 Å². The van der Waals surface area contributed by atoms with Crippen molar-refractivity contribution >= 4 is 21.8 Å². The van der Waals surface area contributed by atoms with Gasteiger partial charge in [-0.15, -0.1) is 0 Å². The molecule has 1 unspecified atom stereocenters. The summed E-state index contributed by atoms with van der Waals surface area (Å²) >= 11 is 3.18. The van der Waals surface area contributed by atoms with Crippen molar-refractivity contribution in [3.05, 3.63) is 33.5 Å². The molecule has 0 aliphatic carbocycles. The lowest BCUT2D eigenvalue weighted by molar-refractivity contribution is 0.0922. The minimum absolute atomic E-state index is 0.0562. The van der Waals surface area contributed by atoms with Gasteiger partial charge in [-0.25, -0.2) is 4.39 Å². The number of carbonyl (C=O) groups excluding carboxylic acids is 1. The summed E-state index contributed by atoms with van der Waals surface area (Å²) in [6.07, 6.45) is 1.40. The Morgan fingerprint density at radius 3 is 3.00 bits per heavy atom. The second-order valence-corrected chi connectivity index (χ2v) is 4.61. The highest BCUT2D eigenvalue weighted by molar-refractivity contribution is 9.10. The zero-order valence-electron chi connectivity index (χ0n) is 8.31. The number of hydrogen-bond acceptors (Lipinski definition) is 1. The normalized spacial score (nSPS) is 19.7. The quantitative estimate of drug-likeness (QED) is 0.836. The predicted molar refractivity (Wildman–Crippen MR) is 59.3 cm³/mol. The molecule has 80 valence electrons. The van der Waals surface area contributed by atoms with Crippen LogP contribution in [0, 0.1) is 5.82 Å². The van der Waals surface area contributed by atoms with Crippen LogP contribution >= 0.6 is 15.9 Å². The smallest absolute Gasteiger partial charge is 0.251 e. The Hall–Kier alpha value is -0.900. The number of amides is 1. The van der Waals surface area contributed by atoms with Gasteiger partial charge in [-0.3, -0.25) is 4.79 Å². The first-order chi connectivity index (χ1) is 7.11. The number of nitrogens with one attached hydrogen (secondary N) is 1. The zero-order chi connectivity index (χ0) is 11.0. The molecule has 4 heteroatoms. The van der Waals surface area contributed by atoms with Gasteiger partial charge in [0.15, 0.2) is 0 Å². The van der Waals surface area contributed by atoms with Crippen molar-refractivity contribution in [1.82, 2.24) is 5.32 Å². The van der Waals surface area contributed by atoms with E-state index >= 15 is 0 Å². The molecule has 15 heavy (non-hydrogen) atoms. The average Bonchev–Trinajstić information content (AvgIpc) is 2.19. The topological polar surface area (TPSA) is 29.1 Å². The fourth-order valence-electron chi connectivity index (χ4n) is 1.82. The van der Waals surface area contributed by atoms with Crippen molar-refractivity contribution < 1.29 is 9.18 Å². The molecule has 0 bridgehead atoms. The largest absolute Gasteiger partial charge is 0.349 e. The van der Waals surface area contributed by atoms with E-state index in [9.17, 15) is 9.18 Å². The van der Waals surface area contributed by atoms with Crippen LogP contribution in [0.2, 0.25) is 0 Å². The Morgan fingerprint density at radius 2 is 2.33 bits per heavy atom. The monoisotopic (exact) mass is 271 g/mol. The van der Waals surface area contributed by atoms with Crippen molar-refractivity contribution in [3.63, 3.8) is 0 Å². The Kier molecular flexibility index (Phi) is 2.78. The SMILES string of the molecule is CCC1Cc2c(F)cc(Br)cc2C(=O)N1.